The highest BCUT2D eigenvalue weighted by atomic mass is 15.7. The second-order valence-electron chi connectivity index (χ2n) is 5.43. The van der Waals surface area contributed by atoms with Gasteiger partial charge in [-0.1, -0.05) is 0 Å². The van der Waals surface area contributed by atoms with E-state index in [2.05, 4.69) is 36.9 Å². The van der Waals surface area contributed by atoms with Crippen molar-refractivity contribution in [3.63, 3.8) is 0 Å². The zero-order chi connectivity index (χ0) is 12.5. The van der Waals surface area contributed by atoms with Crippen LogP contribution >= 0.6 is 0 Å². The predicted octanol–water partition coefficient (Wildman–Crippen LogP) is 2.78. The Bertz CT molecular complexity index is 422. The van der Waals surface area contributed by atoms with Gasteiger partial charge in [0.15, 0.2) is 0 Å². The Morgan fingerprint density at radius 2 is 1.76 bits per heavy atom. The molecule has 3 heteroatoms. The quantitative estimate of drug-likeness (QED) is 0.741. The first-order valence-electron chi connectivity index (χ1n) is 6.07. The summed E-state index contributed by atoms with van der Waals surface area (Å²) in [7, 11) is 0. The molecule has 3 nitrogen and oxygen atoms in total. The molecule has 0 saturated carbocycles. The van der Waals surface area contributed by atoms with E-state index >= 15 is 0 Å². The molecule has 1 saturated heterocycles. The van der Waals surface area contributed by atoms with E-state index in [1.54, 1.807) is 0 Å². The van der Waals surface area contributed by atoms with Gasteiger partial charge < -0.3 is 5.01 Å². The molecular formula is C14H19N3. The van der Waals surface area contributed by atoms with E-state index < -0.39 is 0 Å². The molecule has 0 unspecified atom stereocenters. The molecule has 1 aromatic carbocycles. The van der Waals surface area contributed by atoms with Crippen molar-refractivity contribution in [2.24, 2.45) is 0 Å². The van der Waals surface area contributed by atoms with Crippen LogP contribution in [0.5, 0.6) is 0 Å². The maximum atomic E-state index is 8.80. The summed E-state index contributed by atoms with van der Waals surface area (Å²) in [5, 5.41) is 13.5. The number of anilines is 1. The molecule has 0 N–H and O–H groups in total. The van der Waals surface area contributed by atoms with Crippen LogP contribution in [0.4, 0.5) is 5.69 Å². The molecule has 0 amide bonds. The number of benzene rings is 1. The van der Waals surface area contributed by atoms with Gasteiger partial charge in [0.2, 0.25) is 0 Å². The third-order valence-corrected chi connectivity index (χ3v) is 3.10. The van der Waals surface area contributed by atoms with Gasteiger partial charge in [0.05, 0.1) is 17.3 Å². The molecule has 1 fully saturated rings. The van der Waals surface area contributed by atoms with E-state index in [-0.39, 0.29) is 5.54 Å². The third-order valence-electron chi connectivity index (χ3n) is 3.10. The standard InChI is InChI=1S/C14H19N3/c1-14(2,3)17-10-4-9-16(17)13-7-5-12(11-15)6-8-13/h5-8H,4,9-10H2,1-3H3. The molecule has 0 atom stereocenters. The van der Waals surface area contributed by atoms with Crippen molar-refractivity contribution < 1.29 is 0 Å². The van der Waals surface area contributed by atoms with Gasteiger partial charge in [0, 0.05) is 18.6 Å². The Labute approximate surface area is 103 Å². The first-order valence-corrected chi connectivity index (χ1v) is 6.07. The lowest BCUT2D eigenvalue weighted by Crippen LogP contribution is -2.48. The Hall–Kier alpha value is -1.53. The molecule has 0 spiro atoms. The molecule has 0 bridgehead atoms. The summed E-state index contributed by atoms with van der Waals surface area (Å²) in [6, 6.07) is 9.98. The first-order chi connectivity index (χ1) is 8.02. The summed E-state index contributed by atoms with van der Waals surface area (Å²) >= 11 is 0. The van der Waals surface area contributed by atoms with Gasteiger partial charge in [-0.05, 0) is 51.5 Å². The van der Waals surface area contributed by atoms with Crippen LogP contribution in [0.25, 0.3) is 0 Å². The zero-order valence-corrected chi connectivity index (χ0v) is 10.8. The van der Waals surface area contributed by atoms with Gasteiger partial charge in [0.25, 0.3) is 0 Å². The monoisotopic (exact) mass is 229 g/mol. The number of nitriles is 1. The molecule has 0 aliphatic carbocycles. The fourth-order valence-electron chi connectivity index (χ4n) is 2.29. The molecule has 0 radical (unpaired) electrons. The van der Waals surface area contributed by atoms with Crippen LogP contribution in [0.3, 0.4) is 0 Å². The Morgan fingerprint density at radius 1 is 1.12 bits per heavy atom. The largest absolute Gasteiger partial charge is 0.305 e. The first kappa shape index (κ1) is 11.9. The highest BCUT2D eigenvalue weighted by Gasteiger charge is 2.31. The fourth-order valence-corrected chi connectivity index (χ4v) is 2.29. The number of hydrazine groups is 1. The summed E-state index contributed by atoms with van der Waals surface area (Å²) in [6.45, 7) is 8.85. The lowest BCUT2D eigenvalue weighted by atomic mass is 10.1. The normalized spacial score (nSPS) is 17.2. The lowest BCUT2D eigenvalue weighted by Gasteiger charge is -2.39. The van der Waals surface area contributed by atoms with Crippen LogP contribution in [0.2, 0.25) is 0 Å². The SMILES string of the molecule is CC(C)(C)N1CCCN1c1ccc(C#N)cc1. The van der Waals surface area contributed by atoms with Crippen LogP contribution in [0, 0.1) is 11.3 Å². The van der Waals surface area contributed by atoms with Crippen LogP contribution in [0.15, 0.2) is 24.3 Å². The molecule has 1 heterocycles. The van der Waals surface area contributed by atoms with E-state index in [1.807, 2.05) is 24.3 Å². The zero-order valence-electron chi connectivity index (χ0n) is 10.8. The van der Waals surface area contributed by atoms with Crippen LogP contribution < -0.4 is 5.01 Å². The van der Waals surface area contributed by atoms with Gasteiger partial charge in [-0.15, -0.1) is 0 Å². The van der Waals surface area contributed by atoms with Crippen LogP contribution in [-0.2, 0) is 0 Å². The summed E-state index contributed by atoms with van der Waals surface area (Å²) in [5.74, 6) is 0. The summed E-state index contributed by atoms with van der Waals surface area (Å²) < 4.78 is 0. The summed E-state index contributed by atoms with van der Waals surface area (Å²) in [5.41, 5.74) is 2.04. The van der Waals surface area contributed by atoms with E-state index in [0.29, 0.717) is 0 Å². The van der Waals surface area contributed by atoms with Crippen molar-refractivity contribution >= 4 is 5.69 Å². The lowest BCUT2D eigenvalue weighted by molar-refractivity contribution is 0.157. The van der Waals surface area contributed by atoms with Crippen molar-refractivity contribution in [1.29, 1.82) is 5.26 Å². The summed E-state index contributed by atoms with van der Waals surface area (Å²) in [6.07, 6.45) is 1.19. The molecular weight excluding hydrogens is 210 g/mol. The van der Waals surface area contributed by atoms with Crippen LogP contribution in [0.1, 0.15) is 32.8 Å². The average Bonchev–Trinajstić information content (AvgIpc) is 2.78. The maximum Gasteiger partial charge on any atom is 0.0991 e. The molecule has 1 aliphatic heterocycles. The van der Waals surface area contributed by atoms with Crippen molar-refractivity contribution in [3.05, 3.63) is 29.8 Å². The van der Waals surface area contributed by atoms with Crippen molar-refractivity contribution in [3.8, 4) is 6.07 Å². The fraction of sp³-hybridized carbons (Fsp3) is 0.500. The average molecular weight is 229 g/mol. The molecule has 0 aromatic heterocycles. The summed E-state index contributed by atoms with van der Waals surface area (Å²) in [4.78, 5) is 0. The van der Waals surface area contributed by atoms with Crippen molar-refractivity contribution in [2.75, 3.05) is 18.1 Å². The van der Waals surface area contributed by atoms with Gasteiger partial charge in [-0.25, -0.2) is 5.01 Å². The van der Waals surface area contributed by atoms with Crippen molar-refractivity contribution in [2.45, 2.75) is 32.7 Å². The maximum absolute atomic E-state index is 8.80. The minimum atomic E-state index is 0.143. The Kier molecular flexibility index (Phi) is 3.08. The predicted molar refractivity (Wildman–Crippen MR) is 69.6 cm³/mol. The van der Waals surface area contributed by atoms with Gasteiger partial charge >= 0.3 is 0 Å². The third kappa shape index (κ3) is 2.42. The number of hydrogen-bond acceptors (Lipinski definition) is 3. The van der Waals surface area contributed by atoms with Crippen LogP contribution in [-0.4, -0.2) is 23.6 Å². The molecule has 1 aromatic rings. The minimum Gasteiger partial charge on any atom is -0.305 e. The minimum absolute atomic E-state index is 0.143. The van der Waals surface area contributed by atoms with Gasteiger partial charge in [-0.3, -0.25) is 0 Å². The highest BCUT2D eigenvalue weighted by Crippen LogP contribution is 2.27. The molecule has 17 heavy (non-hydrogen) atoms. The highest BCUT2D eigenvalue weighted by molar-refractivity contribution is 5.49. The second kappa shape index (κ2) is 4.38. The van der Waals surface area contributed by atoms with E-state index in [4.69, 9.17) is 5.26 Å². The van der Waals surface area contributed by atoms with E-state index in [9.17, 15) is 0 Å². The topological polar surface area (TPSA) is 30.3 Å². The Balaban J connectivity index is 2.24. The molecule has 2 rings (SSSR count). The molecule has 90 valence electrons. The van der Waals surface area contributed by atoms with Crippen molar-refractivity contribution in [1.82, 2.24) is 5.01 Å². The smallest absolute Gasteiger partial charge is 0.0991 e. The number of rotatable bonds is 1. The van der Waals surface area contributed by atoms with Gasteiger partial charge in [0.1, 0.15) is 0 Å². The number of hydrogen-bond donors (Lipinski definition) is 0. The Morgan fingerprint density at radius 3 is 2.29 bits per heavy atom. The van der Waals surface area contributed by atoms with Gasteiger partial charge in [-0.2, -0.15) is 5.26 Å². The molecule has 1 aliphatic rings. The number of nitrogens with zero attached hydrogens (tertiary/aromatic N) is 3. The van der Waals surface area contributed by atoms with E-state index in [1.165, 1.54) is 12.1 Å². The second-order valence-corrected chi connectivity index (χ2v) is 5.43. The van der Waals surface area contributed by atoms with E-state index in [0.717, 1.165) is 18.7 Å².